The highest BCUT2D eigenvalue weighted by Gasteiger charge is 2.22. The first-order valence-electron chi connectivity index (χ1n) is 6.79. The molecule has 7 nitrogen and oxygen atoms in total. The topological polar surface area (TPSA) is 98.9 Å². The van der Waals surface area contributed by atoms with Crippen molar-refractivity contribution in [1.29, 1.82) is 0 Å². The molecule has 0 radical (unpaired) electrons. The molecular weight excluding hydrogens is 344 g/mol. The fourth-order valence-electron chi connectivity index (χ4n) is 2.16. The monoisotopic (exact) mass is 360 g/mol. The van der Waals surface area contributed by atoms with Crippen LogP contribution in [0.1, 0.15) is 10.4 Å². The largest absolute Gasteiger partial charge is 0.456 e. The minimum atomic E-state index is -3.93. The van der Waals surface area contributed by atoms with Gasteiger partial charge in [-0.2, -0.15) is 0 Å². The van der Waals surface area contributed by atoms with Gasteiger partial charge in [0.05, 0.1) is 29.4 Å². The van der Waals surface area contributed by atoms with E-state index >= 15 is 0 Å². The van der Waals surface area contributed by atoms with Gasteiger partial charge in [0.25, 0.3) is 0 Å². The molecule has 126 valence electrons. The van der Waals surface area contributed by atoms with E-state index in [2.05, 4.69) is 6.58 Å². The van der Waals surface area contributed by atoms with Crippen LogP contribution in [-0.4, -0.2) is 47.3 Å². The molecule has 0 amide bonds. The number of esters is 1. The number of nitrogens with zero attached hydrogens (tertiary/aromatic N) is 1. The molecule has 0 bridgehead atoms. The molecule has 2 N–H and O–H groups in total. The maximum absolute atomic E-state index is 12.3. The molecule has 0 aromatic heterocycles. The van der Waals surface area contributed by atoms with Gasteiger partial charge in [0.15, 0.2) is 0 Å². The van der Waals surface area contributed by atoms with Crippen molar-refractivity contribution < 1.29 is 22.7 Å². The highest BCUT2D eigenvalue weighted by Crippen LogP contribution is 2.25. The normalized spacial score (nSPS) is 15.3. The van der Waals surface area contributed by atoms with E-state index in [0.717, 1.165) is 0 Å². The second kappa shape index (κ2) is 7.31. The van der Waals surface area contributed by atoms with Crippen molar-refractivity contribution in [1.82, 2.24) is 0 Å². The predicted molar refractivity (Wildman–Crippen MR) is 86.1 cm³/mol. The van der Waals surface area contributed by atoms with Gasteiger partial charge in [0.1, 0.15) is 6.61 Å². The maximum atomic E-state index is 12.3. The molecule has 0 spiro atoms. The average molecular weight is 361 g/mol. The summed E-state index contributed by atoms with van der Waals surface area (Å²) in [4.78, 5) is 14.0. The summed E-state index contributed by atoms with van der Waals surface area (Å²) in [6.07, 6.45) is 0. The van der Waals surface area contributed by atoms with E-state index in [4.69, 9.17) is 26.2 Å². The standard InChI is InChI=1S/C14H17ClN2O5S/c1-10(15)9-22-14(18)12-8-11(23(16,19)20)2-3-13(12)17-4-6-21-7-5-17/h2-3,8H,1,4-7,9H2,(H2,16,19,20). The zero-order chi connectivity index (χ0) is 17.0. The molecule has 0 atom stereocenters. The van der Waals surface area contributed by atoms with E-state index in [1.807, 2.05) is 4.90 Å². The number of halogens is 1. The van der Waals surface area contributed by atoms with Gasteiger partial charge in [-0.1, -0.05) is 18.2 Å². The molecule has 2 rings (SSSR count). The highest BCUT2D eigenvalue weighted by atomic mass is 35.5. The van der Waals surface area contributed by atoms with E-state index < -0.39 is 16.0 Å². The number of nitrogens with two attached hydrogens (primary N) is 1. The number of anilines is 1. The van der Waals surface area contributed by atoms with Gasteiger partial charge in [-0.05, 0) is 18.2 Å². The molecule has 0 saturated carbocycles. The Morgan fingerprint density at radius 1 is 1.39 bits per heavy atom. The number of rotatable bonds is 5. The maximum Gasteiger partial charge on any atom is 0.340 e. The lowest BCUT2D eigenvalue weighted by molar-refractivity contribution is 0.0545. The van der Waals surface area contributed by atoms with Gasteiger partial charge >= 0.3 is 5.97 Å². The van der Waals surface area contributed by atoms with Crippen LogP contribution in [0.3, 0.4) is 0 Å². The second-order valence-electron chi connectivity index (χ2n) is 4.92. The van der Waals surface area contributed by atoms with Crippen molar-refractivity contribution in [3.05, 3.63) is 35.4 Å². The Hall–Kier alpha value is -1.61. The van der Waals surface area contributed by atoms with Crippen molar-refractivity contribution >= 4 is 33.3 Å². The molecule has 1 heterocycles. The van der Waals surface area contributed by atoms with E-state index in [1.54, 1.807) is 0 Å². The smallest absolute Gasteiger partial charge is 0.340 e. The van der Waals surface area contributed by atoms with Crippen LogP contribution in [0.4, 0.5) is 5.69 Å². The Morgan fingerprint density at radius 2 is 2.04 bits per heavy atom. The molecule has 0 unspecified atom stereocenters. The van der Waals surface area contributed by atoms with Crippen LogP contribution in [0.15, 0.2) is 34.7 Å². The SMILES string of the molecule is C=C(Cl)COC(=O)c1cc(S(N)(=O)=O)ccc1N1CCOCC1. The highest BCUT2D eigenvalue weighted by molar-refractivity contribution is 7.89. The van der Waals surface area contributed by atoms with Gasteiger partial charge in [-0.3, -0.25) is 0 Å². The second-order valence-corrected chi connectivity index (χ2v) is 7.01. The summed E-state index contributed by atoms with van der Waals surface area (Å²) in [6, 6.07) is 4.11. The fourth-order valence-corrected chi connectivity index (χ4v) is 2.75. The molecule has 1 aliphatic heterocycles. The van der Waals surface area contributed by atoms with E-state index in [1.165, 1.54) is 18.2 Å². The number of carbonyl (C=O) groups excluding carboxylic acids is 1. The van der Waals surface area contributed by atoms with Gasteiger partial charge < -0.3 is 14.4 Å². The molecule has 1 saturated heterocycles. The van der Waals surface area contributed by atoms with E-state index in [9.17, 15) is 13.2 Å². The van der Waals surface area contributed by atoms with Gasteiger partial charge in [0.2, 0.25) is 10.0 Å². The number of carbonyl (C=O) groups is 1. The van der Waals surface area contributed by atoms with Crippen LogP contribution < -0.4 is 10.0 Å². The van der Waals surface area contributed by atoms with Gasteiger partial charge in [-0.25, -0.2) is 18.4 Å². The van der Waals surface area contributed by atoms with Gasteiger partial charge in [-0.15, -0.1) is 0 Å². The van der Waals surface area contributed by atoms with Crippen molar-refractivity contribution in [2.24, 2.45) is 5.14 Å². The molecule has 1 aromatic rings. The lowest BCUT2D eigenvalue weighted by atomic mass is 10.1. The Labute approximate surface area is 139 Å². The molecule has 1 aromatic carbocycles. The average Bonchev–Trinajstić information content (AvgIpc) is 2.52. The van der Waals surface area contributed by atoms with Crippen LogP contribution in [-0.2, 0) is 19.5 Å². The number of hydrogen-bond donors (Lipinski definition) is 1. The number of sulfonamides is 1. The van der Waals surface area contributed by atoms with Crippen molar-refractivity contribution in [3.63, 3.8) is 0 Å². The summed E-state index contributed by atoms with van der Waals surface area (Å²) < 4.78 is 33.3. The number of hydrogen-bond acceptors (Lipinski definition) is 6. The minimum absolute atomic E-state index is 0.108. The number of primary sulfonamides is 1. The summed E-state index contributed by atoms with van der Waals surface area (Å²) in [5.41, 5.74) is 0.669. The van der Waals surface area contributed by atoms with Crippen molar-refractivity contribution in [3.8, 4) is 0 Å². The molecule has 23 heavy (non-hydrogen) atoms. The number of benzene rings is 1. The zero-order valence-electron chi connectivity index (χ0n) is 12.3. The van der Waals surface area contributed by atoms with Gasteiger partial charge in [0, 0.05) is 18.1 Å². The minimum Gasteiger partial charge on any atom is -0.456 e. The summed E-state index contributed by atoms with van der Waals surface area (Å²) >= 11 is 5.59. The third kappa shape index (κ3) is 4.68. The van der Waals surface area contributed by atoms with E-state index in [0.29, 0.717) is 32.0 Å². The van der Waals surface area contributed by atoms with E-state index in [-0.39, 0.29) is 22.1 Å². The van der Waals surface area contributed by atoms with Crippen LogP contribution in [0.25, 0.3) is 0 Å². The summed E-state index contributed by atoms with van der Waals surface area (Å²) in [7, 11) is -3.93. The zero-order valence-corrected chi connectivity index (χ0v) is 13.9. The first-order valence-corrected chi connectivity index (χ1v) is 8.71. The summed E-state index contributed by atoms with van der Waals surface area (Å²) in [6.45, 7) is 5.47. The Morgan fingerprint density at radius 3 is 2.61 bits per heavy atom. The summed E-state index contributed by atoms with van der Waals surface area (Å²) in [5, 5.41) is 5.29. The van der Waals surface area contributed by atoms with Crippen LogP contribution in [0, 0.1) is 0 Å². The third-order valence-corrected chi connectivity index (χ3v) is 4.25. The number of ether oxygens (including phenoxy) is 2. The summed E-state index contributed by atoms with van der Waals surface area (Å²) in [5.74, 6) is -0.696. The quantitative estimate of drug-likeness (QED) is 0.789. The van der Waals surface area contributed by atoms with Crippen molar-refractivity contribution in [2.45, 2.75) is 4.90 Å². The fraction of sp³-hybridized carbons (Fsp3) is 0.357. The lowest BCUT2D eigenvalue weighted by Gasteiger charge is -2.30. The van der Waals surface area contributed by atoms with Crippen LogP contribution >= 0.6 is 11.6 Å². The molecule has 0 aliphatic carbocycles. The Balaban J connectivity index is 2.40. The third-order valence-electron chi connectivity index (χ3n) is 3.23. The number of morpholine rings is 1. The molecule has 1 aliphatic rings. The molecular formula is C14H17ClN2O5S. The van der Waals surface area contributed by atoms with Crippen molar-refractivity contribution in [2.75, 3.05) is 37.8 Å². The first-order chi connectivity index (χ1) is 10.8. The first kappa shape index (κ1) is 17.7. The molecule has 9 heteroatoms. The Kier molecular flexibility index (Phi) is 5.64. The van der Waals surface area contributed by atoms with Crippen LogP contribution in [0.2, 0.25) is 0 Å². The lowest BCUT2D eigenvalue weighted by Crippen LogP contribution is -2.37. The van der Waals surface area contributed by atoms with Crippen LogP contribution in [0.5, 0.6) is 0 Å². The molecule has 1 fully saturated rings. The Bertz CT molecular complexity index is 714. The predicted octanol–water partition coefficient (Wildman–Crippen LogP) is 1.08.